The Morgan fingerprint density at radius 2 is 1.70 bits per heavy atom. The Kier molecular flexibility index (Phi) is 11.3. The molecule has 0 aliphatic carbocycles. The summed E-state index contributed by atoms with van der Waals surface area (Å²) in [6.45, 7) is 9.72. The number of amides is 2. The van der Waals surface area contributed by atoms with E-state index in [-0.39, 0.29) is 35.5 Å². The van der Waals surface area contributed by atoms with E-state index in [2.05, 4.69) is 10.6 Å². The summed E-state index contributed by atoms with van der Waals surface area (Å²) in [7, 11) is 0. The van der Waals surface area contributed by atoms with Crippen LogP contribution in [0.25, 0.3) is 11.1 Å². The summed E-state index contributed by atoms with van der Waals surface area (Å²) in [6, 6.07) is 4.86. The third-order valence-electron chi connectivity index (χ3n) is 8.71. The van der Waals surface area contributed by atoms with Crippen LogP contribution >= 0.6 is 0 Å². The van der Waals surface area contributed by atoms with Crippen LogP contribution in [0.1, 0.15) is 70.4 Å². The summed E-state index contributed by atoms with van der Waals surface area (Å²) in [6.07, 6.45) is 0.615. The molecule has 4 rings (SSSR count). The number of likely N-dealkylation sites (tertiary alicyclic amines) is 1. The zero-order valence-electron chi connectivity index (χ0n) is 27.3. The second-order valence-electron chi connectivity index (χ2n) is 12.2. The van der Waals surface area contributed by atoms with Gasteiger partial charge >= 0.3 is 5.97 Å². The second kappa shape index (κ2) is 15.0. The molecule has 2 amide bonds. The molecule has 1 aliphatic rings. The van der Waals surface area contributed by atoms with Gasteiger partial charge in [0.1, 0.15) is 29.4 Å². The first-order valence-electron chi connectivity index (χ1n) is 15.7. The number of carbonyl (C=O) groups excluding carboxylic acids is 2. The van der Waals surface area contributed by atoms with Crippen molar-refractivity contribution in [1.29, 1.82) is 0 Å². The van der Waals surface area contributed by atoms with E-state index in [0.717, 1.165) is 0 Å². The fraction of sp³-hybridized carbons (Fsp3) is 0.429. The van der Waals surface area contributed by atoms with Crippen LogP contribution in [-0.2, 0) is 16.1 Å². The lowest BCUT2D eigenvalue weighted by Crippen LogP contribution is -2.50. The van der Waals surface area contributed by atoms with E-state index in [1.165, 1.54) is 42.0 Å². The number of pyridine rings is 1. The summed E-state index contributed by atoms with van der Waals surface area (Å²) in [5, 5.41) is 14.9. The highest BCUT2D eigenvalue weighted by molar-refractivity contribution is 5.97. The first kappa shape index (κ1) is 35.4. The Balaban J connectivity index is 1.60. The lowest BCUT2D eigenvalue weighted by atomic mass is 9.88. The van der Waals surface area contributed by atoms with Gasteiger partial charge in [0.25, 0.3) is 11.5 Å². The molecular formula is C35H41F3N4O5. The standard InChI is InChI=1S/C35H41F3N4O5/c1-6-8-28(39-33(45)25-9-7-10-42(35(25)47)12-11-41-17-24(36)18-41)34(46)40-29(16-30(43)44)26-15-23(13-20(3)32(26)38)31-19(2)14-27(37)21(4)22(31)5/h7,9-10,13-15,24,28-29H,6,8,11-12,16-18H2,1-5H3,(H,39,45)(H,40,46)(H,43,44)/t28-,29-/m0/s1. The van der Waals surface area contributed by atoms with Crippen LogP contribution in [0.2, 0.25) is 0 Å². The number of aliphatic carboxylic acids is 1. The summed E-state index contributed by atoms with van der Waals surface area (Å²) in [5.41, 5.74) is 2.29. The number of alkyl halides is 1. The van der Waals surface area contributed by atoms with Gasteiger partial charge in [-0.15, -0.1) is 0 Å². The molecule has 2 aromatic carbocycles. The number of nitrogens with one attached hydrogen (secondary N) is 2. The molecule has 0 bridgehead atoms. The van der Waals surface area contributed by atoms with E-state index in [0.29, 0.717) is 53.9 Å². The van der Waals surface area contributed by atoms with Crippen molar-refractivity contribution in [2.45, 2.75) is 78.7 Å². The van der Waals surface area contributed by atoms with Gasteiger partial charge in [0.2, 0.25) is 5.91 Å². The van der Waals surface area contributed by atoms with Crippen LogP contribution in [-0.4, -0.2) is 64.2 Å². The van der Waals surface area contributed by atoms with Crippen LogP contribution in [0, 0.1) is 39.3 Å². The molecule has 3 aromatic rings. The Hall–Kier alpha value is -4.45. The average molecular weight is 655 g/mol. The molecule has 2 atom stereocenters. The van der Waals surface area contributed by atoms with Crippen molar-refractivity contribution in [2.75, 3.05) is 19.6 Å². The average Bonchev–Trinajstić information content (AvgIpc) is 2.99. The normalized spacial score (nSPS) is 14.7. The number of hydrogen-bond acceptors (Lipinski definition) is 5. The number of hydrogen-bond donors (Lipinski definition) is 3. The molecule has 47 heavy (non-hydrogen) atoms. The van der Waals surface area contributed by atoms with E-state index >= 15 is 4.39 Å². The third kappa shape index (κ3) is 8.10. The number of carbonyl (C=O) groups is 3. The van der Waals surface area contributed by atoms with E-state index in [1.54, 1.807) is 33.8 Å². The summed E-state index contributed by atoms with van der Waals surface area (Å²) < 4.78 is 44.6. The van der Waals surface area contributed by atoms with Crippen LogP contribution in [0.15, 0.2) is 41.3 Å². The van der Waals surface area contributed by atoms with E-state index < -0.39 is 53.8 Å². The molecule has 0 saturated carbocycles. The Morgan fingerprint density at radius 1 is 1.00 bits per heavy atom. The second-order valence-corrected chi connectivity index (χ2v) is 12.2. The fourth-order valence-electron chi connectivity index (χ4n) is 5.98. The van der Waals surface area contributed by atoms with Crippen molar-refractivity contribution in [3.8, 4) is 11.1 Å². The number of aryl methyl sites for hydroxylation is 2. The van der Waals surface area contributed by atoms with Crippen LogP contribution < -0.4 is 16.2 Å². The Labute approximate surface area is 271 Å². The van der Waals surface area contributed by atoms with Gasteiger partial charge in [0.15, 0.2) is 0 Å². The molecule has 3 N–H and O–H groups in total. The highest BCUT2D eigenvalue weighted by Gasteiger charge is 2.29. The molecule has 252 valence electrons. The topological polar surface area (TPSA) is 121 Å². The number of aromatic nitrogens is 1. The molecule has 0 radical (unpaired) electrons. The van der Waals surface area contributed by atoms with Gasteiger partial charge in [-0.1, -0.05) is 13.3 Å². The molecule has 1 aromatic heterocycles. The SMILES string of the molecule is CCC[C@H](NC(=O)c1cccn(CCN2CC(F)C2)c1=O)C(=O)N[C@@H](CC(=O)O)c1cc(-c2c(C)cc(F)c(C)c2C)cc(C)c1F. The van der Waals surface area contributed by atoms with Crippen LogP contribution in [0.3, 0.4) is 0 Å². The van der Waals surface area contributed by atoms with Gasteiger partial charge in [-0.2, -0.15) is 0 Å². The minimum atomic E-state index is -1.31. The highest BCUT2D eigenvalue weighted by atomic mass is 19.1. The van der Waals surface area contributed by atoms with Crippen molar-refractivity contribution in [2.24, 2.45) is 0 Å². The zero-order valence-corrected chi connectivity index (χ0v) is 27.3. The molecule has 1 saturated heterocycles. The van der Waals surface area contributed by atoms with Gasteiger partial charge in [-0.05, 0) is 97.8 Å². The molecule has 9 nitrogen and oxygen atoms in total. The number of carboxylic acid groups (broad SMARTS) is 1. The first-order chi connectivity index (χ1) is 22.2. The predicted octanol–water partition coefficient (Wildman–Crippen LogP) is 4.91. The zero-order chi connectivity index (χ0) is 34.6. The van der Waals surface area contributed by atoms with Crippen LogP contribution in [0.5, 0.6) is 0 Å². The lowest BCUT2D eigenvalue weighted by molar-refractivity contribution is -0.137. The molecule has 2 heterocycles. The minimum Gasteiger partial charge on any atom is -0.481 e. The number of benzene rings is 2. The lowest BCUT2D eigenvalue weighted by Gasteiger charge is -2.34. The smallest absolute Gasteiger partial charge is 0.305 e. The Morgan fingerprint density at radius 3 is 2.34 bits per heavy atom. The van der Waals surface area contributed by atoms with Crippen molar-refractivity contribution >= 4 is 17.8 Å². The largest absolute Gasteiger partial charge is 0.481 e. The van der Waals surface area contributed by atoms with Crippen LogP contribution in [0.4, 0.5) is 13.2 Å². The first-order valence-corrected chi connectivity index (χ1v) is 15.7. The fourth-order valence-corrected chi connectivity index (χ4v) is 5.98. The van der Waals surface area contributed by atoms with Crippen molar-refractivity contribution in [3.63, 3.8) is 0 Å². The number of nitrogens with zero attached hydrogens (tertiary/aromatic N) is 2. The number of rotatable bonds is 13. The minimum absolute atomic E-state index is 0.0645. The number of halogens is 3. The molecule has 1 fully saturated rings. The van der Waals surface area contributed by atoms with Crippen molar-refractivity contribution < 1.29 is 32.7 Å². The van der Waals surface area contributed by atoms with E-state index in [9.17, 15) is 33.1 Å². The van der Waals surface area contributed by atoms with E-state index in [4.69, 9.17) is 0 Å². The maximum absolute atomic E-state index is 15.7. The van der Waals surface area contributed by atoms with Gasteiger partial charge in [0.05, 0.1) is 12.5 Å². The molecule has 0 unspecified atom stereocenters. The molecule has 1 aliphatic heterocycles. The predicted molar refractivity (Wildman–Crippen MR) is 172 cm³/mol. The quantitative estimate of drug-likeness (QED) is 0.241. The maximum atomic E-state index is 15.7. The number of carboxylic acids is 1. The third-order valence-corrected chi connectivity index (χ3v) is 8.71. The van der Waals surface area contributed by atoms with Gasteiger partial charge in [0, 0.05) is 37.9 Å². The molecule has 12 heteroatoms. The summed E-state index contributed by atoms with van der Waals surface area (Å²) in [4.78, 5) is 53.7. The summed E-state index contributed by atoms with van der Waals surface area (Å²) in [5.74, 6) is -3.89. The summed E-state index contributed by atoms with van der Waals surface area (Å²) >= 11 is 0. The van der Waals surface area contributed by atoms with Crippen molar-refractivity contribution in [1.82, 2.24) is 20.1 Å². The van der Waals surface area contributed by atoms with Gasteiger partial charge in [-0.3, -0.25) is 24.1 Å². The molecule has 0 spiro atoms. The highest BCUT2D eigenvalue weighted by Crippen LogP contribution is 2.35. The van der Waals surface area contributed by atoms with Crippen molar-refractivity contribution in [3.05, 3.63) is 91.9 Å². The van der Waals surface area contributed by atoms with Gasteiger partial charge < -0.3 is 20.3 Å². The monoisotopic (exact) mass is 654 g/mol. The maximum Gasteiger partial charge on any atom is 0.305 e. The Bertz CT molecular complexity index is 1740. The van der Waals surface area contributed by atoms with E-state index in [1.807, 2.05) is 4.90 Å². The van der Waals surface area contributed by atoms with Gasteiger partial charge in [-0.25, -0.2) is 13.2 Å². The molecular weight excluding hydrogens is 613 g/mol.